The van der Waals surface area contributed by atoms with Crippen LogP contribution in [-0.2, 0) is 0 Å². The zero-order chi connectivity index (χ0) is 9.97. The van der Waals surface area contributed by atoms with E-state index in [2.05, 4.69) is 25.8 Å². The highest BCUT2D eigenvalue weighted by atomic mass is 15.3. The molecule has 0 aliphatic rings. The zero-order valence-electron chi connectivity index (χ0n) is 7.65. The van der Waals surface area contributed by atoms with Crippen molar-refractivity contribution in [3.63, 3.8) is 0 Å². The maximum absolute atomic E-state index is 5.18. The molecule has 0 amide bonds. The number of hydrogen-bond acceptors (Lipinski definition) is 5. The van der Waals surface area contributed by atoms with E-state index in [4.69, 9.17) is 5.84 Å². The van der Waals surface area contributed by atoms with E-state index in [1.165, 1.54) is 0 Å². The van der Waals surface area contributed by atoms with Crippen molar-refractivity contribution >= 4 is 5.82 Å². The van der Waals surface area contributed by atoms with Gasteiger partial charge in [-0.3, -0.25) is 5.10 Å². The summed E-state index contributed by atoms with van der Waals surface area (Å²) in [5.74, 6) is 5.71. The molecular formula is C8H10N6. The Balaban J connectivity index is 2.39. The van der Waals surface area contributed by atoms with E-state index in [0.717, 1.165) is 17.0 Å². The topological polar surface area (TPSA) is 92.5 Å². The molecule has 0 aliphatic heterocycles. The summed E-state index contributed by atoms with van der Waals surface area (Å²) in [6.07, 6.45) is 1.72. The maximum atomic E-state index is 5.18. The van der Waals surface area contributed by atoms with Crippen molar-refractivity contribution in [1.82, 2.24) is 20.4 Å². The predicted octanol–water partition coefficient (Wildman–Crippen LogP) is 0.461. The van der Waals surface area contributed by atoms with Gasteiger partial charge in [0, 0.05) is 11.3 Å². The number of hydrazine groups is 1. The Morgan fingerprint density at radius 2 is 2.21 bits per heavy atom. The summed E-state index contributed by atoms with van der Waals surface area (Å²) in [4.78, 5) is 0. The van der Waals surface area contributed by atoms with E-state index < -0.39 is 0 Å². The second-order valence-corrected chi connectivity index (χ2v) is 2.86. The average molecular weight is 190 g/mol. The highest BCUT2D eigenvalue weighted by Gasteiger charge is 2.05. The molecule has 2 rings (SSSR count). The third-order valence-corrected chi connectivity index (χ3v) is 1.92. The summed E-state index contributed by atoms with van der Waals surface area (Å²) in [6.45, 7) is 1.93. The zero-order valence-corrected chi connectivity index (χ0v) is 7.65. The van der Waals surface area contributed by atoms with Crippen LogP contribution in [0.15, 0.2) is 18.3 Å². The van der Waals surface area contributed by atoms with Gasteiger partial charge in [0.05, 0.1) is 11.9 Å². The minimum absolute atomic E-state index is 0.537. The van der Waals surface area contributed by atoms with Crippen molar-refractivity contribution in [3.8, 4) is 11.3 Å². The van der Waals surface area contributed by atoms with Gasteiger partial charge in [0.2, 0.25) is 0 Å². The molecule has 0 bridgehead atoms. The lowest BCUT2D eigenvalue weighted by Crippen LogP contribution is -2.09. The van der Waals surface area contributed by atoms with Crippen LogP contribution in [0.5, 0.6) is 0 Å². The first kappa shape index (κ1) is 8.64. The van der Waals surface area contributed by atoms with Crippen LogP contribution in [0, 0.1) is 6.92 Å². The standard InChI is InChI=1S/C8H10N6/c1-5-6(4-10-12-5)7-2-3-8(11-9)14-13-7/h2-4H,9H2,1H3,(H,10,12)(H,11,14). The van der Waals surface area contributed by atoms with Crippen molar-refractivity contribution in [3.05, 3.63) is 24.0 Å². The van der Waals surface area contributed by atoms with E-state index in [1.54, 1.807) is 12.3 Å². The van der Waals surface area contributed by atoms with Crippen LogP contribution in [0.4, 0.5) is 5.82 Å². The largest absolute Gasteiger partial charge is 0.307 e. The van der Waals surface area contributed by atoms with E-state index in [-0.39, 0.29) is 0 Å². The quantitative estimate of drug-likeness (QED) is 0.472. The number of aromatic amines is 1. The lowest BCUT2D eigenvalue weighted by atomic mass is 10.2. The maximum Gasteiger partial charge on any atom is 0.162 e. The van der Waals surface area contributed by atoms with Gasteiger partial charge in [-0.2, -0.15) is 5.10 Å². The molecule has 14 heavy (non-hydrogen) atoms. The van der Waals surface area contributed by atoms with Gasteiger partial charge in [0.1, 0.15) is 0 Å². The molecule has 2 aromatic heterocycles. The molecule has 0 fully saturated rings. The van der Waals surface area contributed by atoms with Gasteiger partial charge >= 0.3 is 0 Å². The van der Waals surface area contributed by atoms with Crippen molar-refractivity contribution in [2.45, 2.75) is 6.92 Å². The molecule has 0 radical (unpaired) electrons. The summed E-state index contributed by atoms with van der Waals surface area (Å²) in [6, 6.07) is 3.59. The highest BCUT2D eigenvalue weighted by molar-refractivity contribution is 5.60. The lowest BCUT2D eigenvalue weighted by Gasteiger charge is -1.99. The predicted molar refractivity (Wildman–Crippen MR) is 52.2 cm³/mol. The Kier molecular flexibility index (Phi) is 2.11. The summed E-state index contributed by atoms with van der Waals surface area (Å²) < 4.78 is 0. The molecule has 4 N–H and O–H groups in total. The molecule has 0 aliphatic carbocycles. The van der Waals surface area contributed by atoms with Gasteiger partial charge in [0.25, 0.3) is 0 Å². The van der Waals surface area contributed by atoms with Gasteiger partial charge in [-0.15, -0.1) is 10.2 Å². The summed E-state index contributed by atoms with van der Waals surface area (Å²) >= 11 is 0. The van der Waals surface area contributed by atoms with Crippen LogP contribution >= 0.6 is 0 Å². The summed E-state index contributed by atoms with van der Waals surface area (Å²) in [5, 5.41) is 14.6. The number of hydrogen-bond donors (Lipinski definition) is 3. The smallest absolute Gasteiger partial charge is 0.162 e. The first-order valence-electron chi connectivity index (χ1n) is 4.12. The number of aromatic nitrogens is 4. The molecule has 0 saturated heterocycles. The first-order chi connectivity index (χ1) is 6.81. The fraction of sp³-hybridized carbons (Fsp3) is 0.125. The van der Waals surface area contributed by atoms with E-state index in [9.17, 15) is 0 Å². The Bertz CT molecular complexity index is 418. The van der Waals surface area contributed by atoms with Crippen LogP contribution < -0.4 is 11.3 Å². The molecule has 2 aromatic rings. The average Bonchev–Trinajstić information content (AvgIpc) is 2.65. The second kappa shape index (κ2) is 3.43. The third-order valence-electron chi connectivity index (χ3n) is 1.92. The fourth-order valence-corrected chi connectivity index (χ4v) is 1.16. The van der Waals surface area contributed by atoms with Gasteiger partial charge in [0.15, 0.2) is 5.82 Å². The number of nitrogens with two attached hydrogens (primary N) is 1. The minimum atomic E-state index is 0.537. The van der Waals surface area contributed by atoms with Crippen molar-refractivity contribution in [2.75, 3.05) is 5.43 Å². The van der Waals surface area contributed by atoms with Crippen LogP contribution in [0.25, 0.3) is 11.3 Å². The molecule has 0 aromatic carbocycles. The van der Waals surface area contributed by atoms with Crippen LogP contribution in [0.1, 0.15) is 5.69 Å². The molecule has 6 nitrogen and oxygen atoms in total. The van der Waals surface area contributed by atoms with E-state index in [0.29, 0.717) is 5.82 Å². The molecule has 0 atom stereocenters. The van der Waals surface area contributed by atoms with Crippen molar-refractivity contribution in [1.29, 1.82) is 0 Å². The number of nitrogens with one attached hydrogen (secondary N) is 2. The lowest BCUT2D eigenvalue weighted by molar-refractivity contribution is 1.02. The summed E-state index contributed by atoms with van der Waals surface area (Å²) in [7, 11) is 0. The van der Waals surface area contributed by atoms with Crippen LogP contribution in [-0.4, -0.2) is 20.4 Å². The normalized spacial score (nSPS) is 10.1. The third kappa shape index (κ3) is 1.42. The SMILES string of the molecule is Cc1[nH]ncc1-c1ccc(NN)nn1. The number of H-pyrrole nitrogens is 1. The molecule has 72 valence electrons. The number of nitrogen functional groups attached to an aromatic ring is 1. The second-order valence-electron chi connectivity index (χ2n) is 2.86. The van der Waals surface area contributed by atoms with Crippen LogP contribution in [0.2, 0.25) is 0 Å². The number of aryl methyl sites for hydroxylation is 1. The molecule has 0 saturated carbocycles. The Morgan fingerprint density at radius 1 is 1.36 bits per heavy atom. The van der Waals surface area contributed by atoms with E-state index in [1.807, 2.05) is 13.0 Å². The molecule has 0 unspecified atom stereocenters. The Labute approximate surface area is 80.5 Å². The van der Waals surface area contributed by atoms with Gasteiger partial charge in [-0.05, 0) is 19.1 Å². The van der Waals surface area contributed by atoms with Gasteiger partial charge in [-0.1, -0.05) is 0 Å². The van der Waals surface area contributed by atoms with Gasteiger partial charge in [-0.25, -0.2) is 5.84 Å². The number of nitrogens with zero attached hydrogens (tertiary/aromatic N) is 3. The molecule has 0 spiro atoms. The summed E-state index contributed by atoms with van der Waals surface area (Å²) in [5.41, 5.74) is 5.10. The Hall–Kier alpha value is -1.95. The minimum Gasteiger partial charge on any atom is -0.307 e. The van der Waals surface area contributed by atoms with Crippen LogP contribution in [0.3, 0.4) is 0 Å². The highest BCUT2D eigenvalue weighted by Crippen LogP contribution is 2.18. The first-order valence-corrected chi connectivity index (χ1v) is 4.12. The monoisotopic (exact) mass is 190 g/mol. The van der Waals surface area contributed by atoms with Crippen molar-refractivity contribution in [2.24, 2.45) is 5.84 Å². The number of rotatable bonds is 2. The molecule has 6 heteroatoms. The molecular weight excluding hydrogens is 180 g/mol. The van der Waals surface area contributed by atoms with E-state index >= 15 is 0 Å². The number of anilines is 1. The molecule has 2 heterocycles. The van der Waals surface area contributed by atoms with Crippen molar-refractivity contribution < 1.29 is 0 Å². The van der Waals surface area contributed by atoms with Gasteiger partial charge < -0.3 is 5.43 Å². The Morgan fingerprint density at radius 3 is 2.71 bits per heavy atom. The fourth-order valence-electron chi connectivity index (χ4n) is 1.16.